The van der Waals surface area contributed by atoms with Gasteiger partial charge in [-0.25, -0.2) is 0 Å². The van der Waals surface area contributed by atoms with Crippen LogP contribution in [0.3, 0.4) is 0 Å². The molecule has 0 aliphatic rings. The molecule has 0 fully saturated rings. The van der Waals surface area contributed by atoms with Crippen LogP contribution < -0.4 is 9.47 Å². The first-order chi connectivity index (χ1) is 14.8. The van der Waals surface area contributed by atoms with Gasteiger partial charge in [0.15, 0.2) is 0 Å². The highest BCUT2D eigenvalue weighted by Crippen LogP contribution is 2.30. The normalized spacial score (nSPS) is 11.2. The van der Waals surface area contributed by atoms with E-state index < -0.39 is 0 Å². The summed E-state index contributed by atoms with van der Waals surface area (Å²) in [6.07, 6.45) is 15.0. The lowest BCUT2D eigenvalue weighted by atomic mass is 10.0. The summed E-state index contributed by atoms with van der Waals surface area (Å²) >= 11 is 5.71. The molecule has 168 valence electrons. The molecule has 0 atom stereocenters. The van der Waals surface area contributed by atoms with E-state index in [-0.39, 0.29) is 0 Å². The molecule has 2 aromatic rings. The van der Waals surface area contributed by atoms with Gasteiger partial charge in [0.2, 0.25) is 0 Å². The summed E-state index contributed by atoms with van der Waals surface area (Å²) in [6.45, 7) is 6.02. The quantitative estimate of drug-likeness (QED) is 0.183. The lowest BCUT2D eigenvalue weighted by Crippen LogP contribution is -2.00. The van der Waals surface area contributed by atoms with E-state index in [9.17, 15) is 0 Å². The summed E-state index contributed by atoms with van der Waals surface area (Å²) in [5.41, 5.74) is 1.22. The molecule has 0 bridgehead atoms. The molecule has 0 aliphatic carbocycles. The first-order valence-corrected chi connectivity index (χ1v) is 12.6. The standard InChI is InChI=1S/C27H41ClO2/c1-3-4-5-6-10-14-21-30-27-18-15-24-22-25(16-17-26(24)23(27)2)29-20-13-11-8-7-9-12-19-28/h15-18,22H,3-14,19-21H2,1-2H3. The molecule has 0 N–H and O–H groups in total. The lowest BCUT2D eigenvalue weighted by molar-refractivity contribution is 0.302. The van der Waals surface area contributed by atoms with Gasteiger partial charge in [0.05, 0.1) is 13.2 Å². The molecule has 2 nitrogen and oxygen atoms in total. The van der Waals surface area contributed by atoms with Crippen molar-refractivity contribution >= 4 is 22.4 Å². The molecule has 2 aromatic carbocycles. The minimum atomic E-state index is 0.789. The maximum Gasteiger partial charge on any atom is 0.122 e. The number of aryl methyl sites for hydroxylation is 1. The Bertz CT molecular complexity index is 713. The number of alkyl halides is 1. The van der Waals surface area contributed by atoms with Gasteiger partial charge in [0, 0.05) is 5.88 Å². The van der Waals surface area contributed by atoms with Gasteiger partial charge in [-0.15, -0.1) is 11.6 Å². The van der Waals surface area contributed by atoms with Crippen molar-refractivity contribution in [3.05, 3.63) is 35.9 Å². The van der Waals surface area contributed by atoms with Crippen LogP contribution in [0, 0.1) is 6.92 Å². The highest BCUT2D eigenvalue weighted by molar-refractivity contribution is 6.17. The van der Waals surface area contributed by atoms with Crippen molar-refractivity contribution in [1.29, 1.82) is 0 Å². The highest BCUT2D eigenvalue weighted by atomic mass is 35.5. The van der Waals surface area contributed by atoms with Crippen molar-refractivity contribution in [2.24, 2.45) is 0 Å². The molecule has 0 saturated carbocycles. The van der Waals surface area contributed by atoms with Gasteiger partial charge in [0.1, 0.15) is 11.5 Å². The SMILES string of the molecule is CCCCCCCCOc1ccc2cc(OCCCCCCCCCl)ccc2c1C. The van der Waals surface area contributed by atoms with Crippen LogP contribution in [0.25, 0.3) is 10.8 Å². The van der Waals surface area contributed by atoms with Crippen molar-refractivity contribution in [3.8, 4) is 11.5 Å². The Morgan fingerprint density at radius 3 is 2.03 bits per heavy atom. The Hall–Kier alpha value is -1.41. The fraction of sp³-hybridized carbons (Fsp3) is 0.630. The van der Waals surface area contributed by atoms with Crippen molar-refractivity contribution in [2.45, 2.75) is 90.9 Å². The minimum absolute atomic E-state index is 0.789. The largest absolute Gasteiger partial charge is 0.494 e. The number of hydrogen-bond donors (Lipinski definition) is 0. The third kappa shape index (κ3) is 9.16. The van der Waals surface area contributed by atoms with Crippen LogP contribution in [-0.2, 0) is 0 Å². The monoisotopic (exact) mass is 432 g/mol. The van der Waals surface area contributed by atoms with E-state index in [2.05, 4.69) is 44.2 Å². The van der Waals surface area contributed by atoms with Gasteiger partial charge in [0.25, 0.3) is 0 Å². The second kappa shape index (κ2) is 15.4. The van der Waals surface area contributed by atoms with Crippen molar-refractivity contribution in [2.75, 3.05) is 19.1 Å². The van der Waals surface area contributed by atoms with Crippen molar-refractivity contribution < 1.29 is 9.47 Å². The predicted molar refractivity (Wildman–Crippen MR) is 131 cm³/mol. The lowest BCUT2D eigenvalue weighted by Gasteiger charge is -2.13. The van der Waals surface area contributed by atoms with E-state index in [1.807, 2.05) is 0 Å². The van der Waals surface area contributed by atoms with Crippen LogP contribution >= 0.6 is 11.6 Å². The molecule has 0 spiro atoms. The minimum Gasteiger partial charge on any atom is -0.494 e. The third-order valence-corrected chi connectivity index (χ3v) is 6.03. The summed E-state index contributed by atoms with van der Waals surface area (Å²) in [6, 6.07) is 10.7. The average Bonchev–Trinajstić information content (AvgIpc) is 2.76. The number of rotatable bonds is 17. The molecule has 0 aromatic heterocycles. The Balaban J connectivity index is 1.74. The van der Waals surface area contributed by atoms with E-state index in [0.29, 0.717) is 0 Å². The number of unbranched alkanes of at least 4 members (excludes halogenated alkanes) is 10. The molecular weight excluding hydrogens is 392 g/mol. The third-order valence-electron chi connectivity index (χ3n) is 5.76. The summed E-state index contributed by atoms with van der Waals surface area (Å²) in [5, 5.41) is 2.47. The zero-order valence-electron chi connectivity index (χ0n) is 19.2. The number of benzene rings is 2. The van der Waals surface area contributed by atoms with E-state index >= 15 is 0 Å². The molecule has 3 heteroatoms. The van der Waals surface area contributed by atoms with Crippen molar-refractivity contribution in [1.82, 2.24) is 0 Å². The zero-order valence-corrected chi connectivity index (χ0v) is 19.9. The van der Waals surface area contributed by atoms with Crippen molar-refractivity contribution in [3.63, 3.8) is 0 Å². The second-order valence-electron chi connectivity index (χ2n) is 8.35. The van der Waals surface area contributed by atoms with Gasteiger partial charge in [-0.2, -0.15) is 0 Å². The zero-order chi connectivity index (χ0) is 21.4. The van der Waals surface area contributed by atoms with Crippen LogP contribution in [-0.4, -0.2) is 19.1 Å². The van der Waals surface area contributed by atoms with Gasteiger partial charge in [-0.1, -0.05) is 76.8 Å². The molecule has 0 heterocycles. The number of hydrogen-bond acceptors (Lipinski definition) is 2. The van der Waals surface area contributed by atoms with Crippen LogP contribution in [0.2, 0.25) is 0 Å². The van der Waals surface area contributed by atoms with Gasteiger partial charge >= 0.3 is 0 Å². The molecule has 0 radical (unpaired) electrons. The van der Waals surface area contributed by atoms with Crippen LogP contribution in [0.4, 0.5) is 0 Å². The first kappa shape index (κ1) is 24.9. The summed E-state index contributed by atoms with van der Waals surface area (Å²) in [5.74, 6) is 2.76. The smallest absolute Gasteiger partial charge is 0.122 e. The molecule has 0 saturated heterocycles. The summed E-state index contributed by atoms with van der Waals surface area (Å²) in [4.78, 5) is 0. The fourth-order valence-corrected chi connectivity index (χ4v) is 4.04. The molecule has 0 amide bonds. The van der Waals surface area contributed by atoms with Crippen LogP contribution in [0.1, 0.15) is 89.5 Å². The van der Waals surface area contributed by atoms with Crippen LogP contribution in [0.15, 0.2) is 30.3 Å². The molecule has 30 heavy (non-hydrogen) atoms. The maximum absolute atomic E-state index is 6.07. The molecular formula is C27H41ClO2. The number of fused-ring (bicyclic) bond motifs is 1. The highest BCUT2D eigenvalue weighted by Gasteiger charge is 2.06. The van der Waals surface area contributed by atoms with Crippen LogP contribution in [0.5, 0.6) is 11.5 Å². The second-order valence-corrected chi connectivity index (χ2v) is 8.72. The maximum atomic E-state index is 6.07. The van der Waals surface area contributed by atoms with E-state index in [0.717, 1.165) is 49.9 Å². The van der Waals surface area contributed by atoms with E-state index in [4.69, 9.17) is 21.1 Å². The van der Waals surface area contributed by atoms with E-state index in [1.165, 1.54) is 74.1 Å². The Morgan fingerprint density at radius 2 is 1.33 bits per heavy atom. The van der Waals surface area contributed by atoms with Gasteiger partial charge in [-0.05, 0) is 60.7 Å². The fourth-order valence-electron chi connectivity index (χ4n) is 3.85. The van der Waals surface area contributed by atoms with E-state index in [1.54, 1.807) is 0 Å². The Kier molecular flexibility index (Phi) is 12.8. The average molecular weight is 433 g/mol. The van der Waals surface area contributed by atoms with Gasteiger partial charge in [-0.3, -0.25) is 0 Å². The number of ether oxygens (including phenoxy) is 2. The molecule has 0 aliphatic heterocycles. The predicted octanol–water partition coefficient (Wildman–Crippen LogP) is 8.85. The first-order valence-electron chi connectivity index (χ1n) is 12.1. The molecule has 0 unspecified atom stereocenters. The van der Waals surface area contributed by atoms with Gasteiger partial charge < -0.3 is 9.47 Å². The molecule has 2 rings (SSSR count). The topological polar surface area (TPSA) is 18.5 Å². The Labute approximate surface area is 189 Å². The number of halogens is 1. The Morgan fingerprint density at radius 1 is 0.700 bits per heavy atom. The summed E-state index contributed by atoms with van der Waals surface area (Å²) < 4.78 is 12.0. The summed E-state index contributed by atoms with van der Waals surface area (Å²) in [7, 11) is 0.